The highest BCUT2D eigenvalue weighted by Gasteiger charge is 2.15. The molecule has 1 aliphatic rings. The molecule has 0 heterocycles. The fraction of sp³-hybridized carbons (Fsp3) is 0.625. The Labute approximate surface area is 111 Å². The van der Waals surface area contributed by atoms with E-state index in [9.17, 15) is 0 Å². The first kappa shape index (κ1) is 13.6. The van der Waals surface area contributed by atoms with Crippen LogP contribution in [-0.4, -0.2) is 20.3 Å². The van der Waals surface area contributed by atoms with Gasteiger partial charge in [-0.25, -0.2) is 0 Å². The Morgan fingerprint density at radius 2 is 2.11 bits per heavy atom. The number of ether oxygens (including phenoxy) is 1. The van der Waals surface area contributed by atoms with Gasteiger partial charge in [0, 0.05) is 19.8 Å². The topological polar surface area (TPSA) is 21.3 Å². The van der Waals surface area contributed by atoms with Crippen LogP contribution < -0.4 is 5.32 Å². The molecule has 0 saturated carbocycles. The molecule has 0 amide bonds. The molecule has 2 nitrogen and oxygen atoms in total. The summed E-state index contributed by atoms with van der Waals surface area (Å²) in [6.45, 7) is 4.05. The maximum Gasteiger partial charge on any atom is 0.0462 e. The van der Waals surface area contributed by atoms with Crippen molar-refractivity contribution in [1.82, 2.24) is 5.32 Å². The molecular weight excluding hydrogens is 222 g/mol. The summed E-state index contributed by atoms with van der Waals surface area (Å²) in [4.78, 5) is 0. The van der Waals surface area contributed by atoms with E-state index in [1.807, 2.05) is 0 Å². The van der Waals surface area contributed by atoms with Crippen LogP contribution in [0.1, 0.15) is 48.9 Å². The van der Waals surface area contributed by atoms with Gasteiger partial charge in [0.1, 0.15) is 0 Å². The van der Waals surface area contributed by atoms with Crippen LogP contribution in [0.4, 0.5) is 0 Å². The lowest BCUT2D eigenvalue weighted by Crippen LogP contribution is -2.21. The molecule has 1 aromatic rings. The van der Waals surface area contributed by atoms with E-state index in [0.29, 0.717) is 6.04 Å². The van der Waals surface area contributed by atoms with Gasteiger partial charge in [-0.05, 0) is 55.3 Å². The lowest BCUT2D eigenvalue weighted by atomic mass is 9.98. The predicted octanol–water partition coefficient (Wildman–Crippen LogP) is 3.25. The smallest absolute Gasteiger partial charge is 0.0462 e. The van der Waals surface area contributed by atoms with Gasteiger partial charge in [-0.1, -0.05) is 25.1 Å². The summed E-state index contributed by atoms with van der Waals surface area (Å²) in [5.41, 5.74) is 4.58. The Morgan fingerprint density at radius 3 is 2.89 bits per heavy atom. The van der Waals surface area contributed by atoms with Crippen LogP contribution in [0.2, 0.25) is 0 Å². The Balaban J connectivity index is 2.04. The van der Waals surface area contributed by atoms with E-state index in [-0.39, 0.29) is 0 Å². The summed E-state index contributed by atoms with van der Waals surface area (Å²) in [7, 11) is 1.78. The summed E-state index contributed by atoms with van der Waals surface area (Å²) < 4.78 is 5.15. The number of fused-ring (bicyclic) bond motifs is 1. The van der Waals surface area contributed by atoms with Crippen molar-refractivity contribution in [2.24, 2.45) is 0 Å². The zero-order valence-corrected chi connectivity index (χ0v) is 11.7. The van der Waals surface area contributed by atoms with Gasteiger partial charge in [-0.15, -0.1) is 0 Å². The van der Waals surface area contributed by atoms with Crippen LogP contribution in [0.5, 0.6) is 0 Å². The van der Waals surface area contributed by atoms with E-state index in [1.54, 1.807) is 18.2 Å². The molecule has 100 valence electrons. The monoisotopic (exact) mass is 247 g/mol. The molecule has 0 aromatic heterocycles. The molecule has 0 spiro atoms. The molecule has 2 heteroatoms. The van der Waals surface area contributed by atoms with Gasteiger partial charge in [0.25, 0.3) is 0 Å². The van der Waals surface area contributed by atoms with Crippen molar-refractivity contribution in [1.29, 1.82) is 0 Å². The van der Waals surface area contributed by atoms with Gasteiger partial charge in [0.15, 0.2) is 0 Å². The number of nitrogens with one attached hydrogen (secondary N) is 1. The average molecular weight is 247 g/mol. The molecule has 0 radical (unpaired) electrons. The van der Waals surface area contributed by atoms with Gasteiger partial charge in [-0.2, -0.15) is 0 Å². The van der Waals surface area contributed by atoms with Gasteiger partial charge in [0.05, 0.1) is 0 Å². The van der Waals surface area contributed by atoms with E-state index in [1.165, 1.54) is 24.8 Å². The molecule has 0 fully saturated rings. The van der Waals surface area contributed by atoms with Crippen LogP contribution in [0.15, 0.2) is 18.2 Å². The van der Waals surface area contributed by atoms with Crippen molar-refractivity contribution in [2.45, 2.75) is 45.1 Å². The third-order valence-electron chi connectivity index (χ3n) is 3.82. The quantitative estimate of drug-likeness (QED) is 0.747. The molecule has 0 saturated heterocycles. The lowest BCUT2D eigenvalue weighted by Gasteiger charge is -2.19. The first-order valence-corrected chi connectivity index (χ1v) is 7.19. The molecule has 1 unspecified atom stereocenters. The molecule has 0 aliphatic heterocycles. The van der Waals surface area contributed by atoms with Crippen LogP contribution >= 0.6 is 0 Å². The van der Waals surface area contributed by atoms with Crippen molar-refractivity contribution >= 4 is 0 Å². The second-order valence-electron chi connectivity index (χ2n) is 5.13. The Morgan fingerprint density at radius 1 is 1.28 bits per heavy atom. The number of hydrogen-bond donors (Lipinski definition) is 1. The minimum Gasteiger partial charge on any atom is -0.385 e. The zero-order chi connectivity index (χ0) is 12.8. The highest BCUT2D eigenvalue weighted by molar-refractivity contribution is 5.36. The summed E-state index contributed by atoms with van der Waals surface area (Å²) in [5.74, 6) is 0. The molecular formula is C16H25NO. The summed E-state index contributed by atoms with van der Waals surface area (Å²) in [6, 6.07) is 7.54. The lowest BCUT2D eigenvalue weighted by molar-refractivity contribution is 0.189. The number of benzene rings is 1. The van der Waals surface area contributed by atoms with Crippen molar-refractivity contribution in [2.75, 3.05) is 20.3 Å². The largest absolute Gasteiger partial charge is 0.385 e. The molecule has 1 aromatic carbocycles. The van der Waals surface area contributed by atoms with E-state index >= 15 is 0 Å². The molecule has 18 heavy (non-hydrogen) atoms. The fourth-order valence-corrected chi connectivity index (χ4v) is 2.87. The molecule has 1 atom stereocenters. The summed E-state index contributed by atoms with van der Waals surface area (Å²) in [5, 5.41) is 3.59. The van der Waals surface area contributed by atoms with Gasteiger partial charge >= 0.3 is 0 Å². The summed E-state index contributed by atoms with van der Waals surface area (Å²) in [6.07, 6.45) is 6.13. The van der Waals surface area contributed by atoms with Gasteiger partial charge in [0.2, 0.25) is 0 Å². The van der Waals surface area contributed by atoms with E-state index < -0.39 is 0 Å². The van der Waals surface area contributed by atoms with Crippen molar-refractivity contribution in [3.63, 3.8) is 0 Å². The second kappa shape index (κ2) is 6.91. The number of methoxy groups -OCH3 is 1. The van der Waals surface area contributed by atoms with E-state index in [0.717, 1.165) is 26.0 Å². The van der Waals surface area contributed by atoms with Gasteiger partial charge in [-0.3, -0.25) is 0 Å². The van der Waals surface area contributed by atoms with Crippen LogP contribution in [0, 0.1) is 0 Å². The van der Waals surface area contributed by atoms with Crippen molar-refractivity contribution in [3.8, 4) is 0 Å². The Kier molecular flexibility index (Phi) is 5.21. The SMILES string of the molecule is CCNC(CCCOC)c1ccc2c(c1)CCC2. The summed E-state index contributed by atoms with van der Waals surface area (Å²) >= 11 is 0. The molecule has 0 bridgehead atoms. The second-order valence-corrected chi connectivity index (χ2v) is 5.13. The zero-order valence-electron chi connectivity index (χ0n) is 11.7. The highest BCUT2D eigenvalue weighted by atomic mass is 16.5. The minimum absolute atomic E-state index is 0.482. The number of rotatable bonds is 7. The normalized spacial score (nSPS) is 15.7. The maximum absolute atomic E-state index is 5.15. The number of aryl methyl sites for hydroxylation is 2. The van der Waals surface area contributed by atoms with Crippen LogP contribution in [0.25, 0.3) is 0 Å². The molecule has 2 rings (SSSR count). The minimum atomic E-state index is 0.482. The van der Waals surface area contributed by atoms with Crippen molar-refractivity contribution < 1.29 is 4.74 Å². The van der Waals surface area contributed by atoms with Gasteiger partial charge < -0.3 is 10.1 Å². The Bertz CT molecular complexity index is 375. The van der Waals surface area contributed by atoms with Crippen molar-refractivity contribution in [3.05, 3.63) is 34.9 Å². The maximum atomic E-state index is 5.15. The molecule has 1 aliphatic carbocycles. The first-order valence-electron chi connectivity index (χ1n) is 7.19. The van der Waals surface area contributed by atoms with E-state index in [4.69, 9.17) is 4.74 Å². The van der Waals surface area contributed by atoms with E-state index in [2.05, 4.69) is 30.4 Å². The first-order chi connectivity index (χ1) is 8.85. The van der Waals surface area contributed by atoms with Crippen LogP contribution in [0.3, 0.4) is 0 Å². The fourth-order valence-electron chi connectivity index (χ4n) is 2.87. The number of hydrogen-bond acceptors (Lipinski definition) is 2. The Hall–Kier alpha value is -0.860. The highest BCUT2D eigenvalue weighted by Crippen LogP contribution is 2.27. The van der Waals surface area contributed by atoms with Crippen LogP contribution in [-0.2, 0) is 17.6 Å². The molecule has 1 N–H and O–H groups in total. The third kappa shape index (κ3) is 3.33. The average Bonchev–Trinajstić information content (AvgIpc) is 2.85. The predicted molar refractivity (Wildman–Crippen MR) is 76.0 cm³/mol. The third-order valence-corrected chi connectivity index (χ3v) is 3.82. The standard InChI is InChI=1S/C16H25NO/c1-3-17-16(8-5-11-18-2)15-10-9-13-6-4-7-14(13)12-15/h9-10,12,16-17H,3-8,11H2,1-2H3.